The molecule has 0 spiro atoms. The Morgan fingerprint density at radius 2 is 1.80 bits per heavy atom. The zero-order valence-corrected chi connectivity index (χ0v) is 8.09. The number of ether oxygens (including phenoxy) is 1. The summed E-state index contributed by atoms with van der Waals surface area (Å²) in [5, 5.41) is 0. The van der Waals surface area contributed by atoms with Crippen molar-refractivity contribution in [1.29, 1.82) is 0 Å². The molecule has 0 radical (unpaired) electrons. The molecule has 0 bridgehead atoms. The van der Waals surface area contributed by atoms with Gasteiger partial charge in [0, 0.05) is 6.42 Å². The fourth-order valence-corrected chi connectivity index (χ4v) is 1.25. The van der Waals surface area contributed by atoms with Gasteiger partial charge in [-0.2, -0.15) is 0 Å². The van der Waals surface area contributed by atoms with E-state index in [9.17, 15) is 0 Å². The topological polar surface area (TPSA) is 12.5 Å². The molecule has 1 saturated heterocycles. The molecule has 1 nitrogen and oxygen atoms in total. The minimum absolute atomic E-state index is 0.0794. The monoisotopic (exact) mass is 202 g/mol. The lowest BCUT2D eigenvalue weighted by atomic mass is 10.1. The number of epoxide rings is 1. The van der Waals surface area contributed by atoms with Gasteiger partial charge in [0.25, 0.3) is 0 Å². The lowest BCUT2D eigenvalue weighted by Gasteiger charge is -2.07. The molecule has 10 heavy (non-hydrogen) atoms. The van der Waals surface area contributed by atoms with E-state index in [0.717, 1.165) is 0 Å². The third kappa shape index (κ3) is 2.46. The van der Waals surface area contributed by atoms with Gasteiger partial charge in [0.2, 0.25) is 0 Å². The van der Waals surface area contributed by atoms with E-state index in [2.05, 4.69) is 0 Å². The fraction of sp³-hybridized carbons (Fsp3) is 1.00. The highest BCUT2D eigenvalue weighted by Crippen LogP contribution is 2.44. The molecule has 1 aliphatic rings. The Kier molecular flexibility index (Phi) is 2.15. The van der Waals surface area contributed by atoms with Crippen LogP contribution in [-0.4, -0.2) is 15.5 Å². The Bertz CT molecular complexity index is 138. The molecule has 1 rings (SSSR count). The van der Waals surface area contributed by atoms with Crippen LogP contribution < -0.4 is 0 Å². The van der Waals surface area contributed by atoms with Crippen LogP contribution in [0.3, 0.4) is 0 Å². The number of halogens is 3. The molecule has 0 N–H and O–H groups in total. The molecule has 0 aromatic heterocycles. The zero-order valence-electron chi connectivity index (χ0n) is 5.83. The molecule has 0 aliphatic carbocycles. The summed E-state index contributed by atoms with van der Waals surface area (Å²) in [7, 11) is 0. The second kappa shape index (κ2) is 2.41. The predicted molar refractivity (Wildman–Crippen MR) is 43.9 cm³/mol. The van der Waals surface area contributed by atoms with Crippen molar-refractivity contribution < 1.29 is 4.74 Å². The Morgan fingerprint density at radius 1 is 1.40 bits per heavy atom. The van der Waals surface area contributed by atoms with E-state index < -0.39 is 3.79 Å². The van der Waals surface area contributed by atoms with E-state index in [1.54, 1.807) is 0 Å². The van der Waals surface area contributed by atoms with Crippen LogP contribution >= 0.6 is 34.8 Å². The molecule has 1 unspecified atom stereocenters. The first-order valence-corrected chi connectivity index (χ1v) is 4.19. The van der Waals surface area contributed by atoms with E-state index in [0.29, 0.717) is 6.42 Å². The molecule has 60 valence electrons. The van der Waals surface area contributed by atoms with Crippen LogP contribution in [0.15, 0.2) is 0 Å². The second-order valence-corrected chi connectivity index (χ2v) is 5.55. The van der Waals surface area contributed by atoms with E-state index in [4.69, 9.17) is 39.5 Å². The lowest BCUT2D eigenvalue weighted by molar-refractivity contribution is 0.320. The molecular weight excluding hydrogens is 194 g/mol. The fourth-order valence-electron chi connectivity index (χ4n) is 0.830. The maximum atomic E-state index is 5.55. The average molecular weight is 203 g/mol. The van der Waals surface area contributed by atoms with Crippen LogP contribution in [-0.2, 0) is 4.74 Å². The van der Waals surface area contributed by atoms with E-state index in [-0.39, 0.29) is 11.7 Å². The van der Waals surface area contributed by atoms with Crippen molar-refractivity contribution in [1.82, 2.24) is 0 Å². The predicted octanol–water partition coefficient (Wildman–Crippen LogP) is 2.92. The van der Waals surface area contributed by atoms with Gasteiger partial charge >= 0.3 is 0 Å². The molecule has 1 fully saturated rings. The quantitative estimate of drug-likeness (QED) is 0.472. The van der Waals surface area contributed by atoms with Crippen molar-refractivity contribution in [3.05, 3.63) is 0 Å². The van der Waals surface area contributed by atoms with Crippen LogP contribution in [0, 0.1) is 0 Å². The maximum absolute atomic E-state index is 5.55. The van der Waals surface area contributed by atoms with Gasteiger partial charge < -0.3 is 4.74 Å². The second-order valence-electron chi connectivity index (χ2n) is 3.03. The van der Waals surface area contributed by atoms with Crippen molar-refractivity contribution in [2.24, 2.45) is 0 Å². The smallest absolute Gasteiger partial charge is 0.193 e. The summed E-state index contributed by atoms with van der Waals surface area (Å²) in [6.45, 7) is 3.96. The normalized spacial score (nSPS) is 30.3. The molecule has 0 aromatic carbocycles. The molecule has 1 atom stereocenters. The summed E-state index contributed by atoms with van der Waals surface area (Å²) in [6, 6.07) is 0. The average Bonchev–Trinajstić information content (AvgIpc) is 2.05. The summed E-state index contributed by atoms with van der Waals surface area (Å²) < 4.78 is 4.06. The van der Waals surface area contributed by atoms with Gasteiger partial charge in [0.15, 0.2) is 3.79 Å². The Balaban J connectivity index is 2.31. The van der Waals surface area contributed by atoms with Crippen molar-refractivity contribution in [3.8, 4) is 0 Å². The number of hydrogen-bond acceptors (Lipinski definition) is 1. The maximum Gasteiger partial charge on any atom is 0.193 e. The largest absolute Gasteiger partial charge is 0.366 e. The van der Waals surface area contributed by atoms with E-state index in [1.807, 2.05) is 13.8 Å². The molecule has 1 heterocycles. The van der Waals surface area contributed by atoms with Crippen molar-refractivity contribution in [3.63, 3.8) is 0 Å². The summed E-state index contributed by atoms with van der Waals surface area (Å²) >= 11 is 16.6. The number of hydrogen-bond donors (Lipinski definition) is 0. The number of rotatable bonds is 1. The van der Waals surface area contributed by atoms with Gasteiger partial charge in [-0.05, 0) is 13.8 Å². The Morgan fingerprint density at radius 3 is 1.90 bits per heavy atom. The van der Waals surface area contributed by atoms with Gasteiger partial charge in [-0.15, -0.1) is 0 Å². The molecule has 0 aromatic rings. The standard InChI is InChI=1S/C6H9Cl3O/c1-5(2)4(10-5)3-6(7,8)9/h4H,3H2,1-2H3. The van der Waals surface area contributed by atoms with Gasteiger partial charge in [-0.3, -0.25) is 0 Å². The minimum Gasteiger partial charge on any atom is -0.366 e. The van der Waals surface area contributed by atoms with Crippen LogP contribution in [0.5, 0.6) is 0 Å². The SMILES string of the molecule is CC1(C)OC1CC(Cl)(Cl)Cl. The van der Waals surface area contributed by atoms with Crippen LogP contribution in [0.25, 0.3) is 0 Å². The molecule has 1 aliphatic heterocycles. The highest BCUT2D eigenvalue weighted by Gasteiger charge is 2.50. The van der Waals surface area contributed by atoms with Crippen LogP contribution in [0.2, 0.25) is 0 Å². The van der Waals surface area contributed by atoms with Gasteiger partial charge in [-0.1, -0.05) is 34.8 Å². The minimum atomic E-state index is -1.17. The first-order valence-electron chi connectivity index (χ1n) is 3.06. The van der Waals surface area contributed by atoms with Crippen molar-refractivity contribution in [2.75, 3.05) is 0 Å². The lowest BCUT2D eigenvalue weighted by Crippen LogP contribution is -2.11. The highest BCUT2D eigenvalue weighted by atomic mass is 35.6. The van der Waals surface area contributed by atoms with E-state index >= 15 is 0 Å². The first-order chi connectivity index (χ1) is 4.31. The third-order valence-electron chi connectivity index (χ3n) is 1.58. The molecule has 0 amide bonds. The zero-order chi connectivity index (χ0) is 7.99. The molecular formula is C6H9Cl3O. The first kappa shape index (κ1) is 8.92. The van der Waals surface area contributed by atoms with Crippen molar-refractivity contribution >= 4 is 34.8 Å². The summed E-state index contributed by atoms with van der Waals surface area (Å²) in [5.41, 5.74) is -0.0794. The Labute approximate surface area is 75.6 Å². The molecule has 0 saturated carbocycles. The van der Waals surface area contributed by atoms with Crippen LogP contribution in [0.4, 0.5) is 0 Å². The summed E-state index contributed by atoms with van der Waals surface area (Å²) in [4.78, 5) is 0. The highest BCUT2D eigenvalue weighted by molar-refractivity contribution is 6.67. The molecule has 4 heteroatoms. The van der Waals surface area contributed by atoms with Gasteiger partial charge in [0.1, 0.15) is 0 Å². The van der Waals surface area contributed by atoms with Gasteiger partial charge in [0.05, 0.1) is 11.7 Å². The third-order valence-corrected chi connectivity index (χ3v) is 2.04. The van der Waals surface area contributed by atoms with E-state index in [1.165, 1.54) is 0 Å². The van der Waals surface area contributed by atoms with Crippen LogP contribution in [0.1, 0.15) is 20.3 Å². The number of alkyl halides is 3. The Hall–Kier alpha value is 0.830. The van der Waals surface area contributed by atoms with Crippen molar-refractivity contribution in [2.45, 2.75) is 35.8 Å². The van der Waals surface area contributed by atoms with Gasteiger partial charge in [-0.25, -0.2) is 0 Å². The summed E-state index contributed by atoms with van der Waals surface area (Å²) in [6.07, 6.45) is 0.588. The summed E-state index contributed by atoms with van der Waals surface area (Å²) in [5.74, 6) is 0.